The average molecular weight is 256 g/mol. The van der Waals surface area contributed by atoms with Gasteiger partial charge in [0.05, 0.1) is 7.11 Å². The molecule has 1 fully saturated rings. The average Bonchev–Trinajstić information content (AvgIpc) is 2.56. The lowest BCUT2D eigenvalue weighted by atomic mass is 10.1. The van der Waals surface area contributed by atoms with Gasteiger partial charge in [-0.1, -0.05) is 6.08 Å². The van der Waals surface area contributed by atoms with Crippen LogP contribution in [0, 0.1) is 0 Å². The van der Waals surface area contributed by atoms with E-state index in [1.807, 2.05) is 0 Å². The molecule has 5 heteroatoms. The number of hydrogen-bond acceptors (Lipinski definition) is 5. The molecule has 1 saturated heterocycles. The van der Waals surface area contributed by atoms with Crippen molar-refractivity contribution in [3.8, 4) is 0 Å². The van der Waals surface area contributed by atoms with E-state index in [0.29, 0.717) is 6.42 Å². The molecule has 0 radical (unpaired) electrons. The van der Waals surface area contributed by atoms with E-state index in [0.717, 1.165) is 19.3 Å². The Hall–Kier alpha value is -1.36. The summed E-state index contributed by atoms with van der Waals surface area (Å²) in [6.45, 7) is 3.45. The zero-order valence-electron chi connectivity index (χ0n) is 11.1. The van der Waals surface area contributed by atoms with Gasteiger partial charge in [0.1, 0.15) is 0 Å². The van der Waals surface area contributed by atoms with Gasteiger partial charge in [-0.25, -0.2) is 9.59 Å². The van der Waals surface area contributed by atoms with E-state index in [1.165, 1.54) is 13.2 Å². The third kappa shape index (κ3) is 4.87. The molecular weight excluding hydrogens is 236 g/mol. The van der Waals surface area contributed by atoms with Crippen molar-refractivity contribution in [1.29, 1.82) is 0 Å². The van der Waals surface area contributed by atoms with Crippen LogP contribution in [0.15, 0.2) is 12.2 Å². The molecule has 18 heavy (non-hydrogen) atoms. The van der Waals surface area contributed by atoms with Crippen molar-refractivity contribution in [3.05, 3.63) is 12.2 Å². The molecule has 1 rings (SSSR count). The Balaban J connectivity index is 2.14. The first-order chi connectivity index (χ1) is 8.44. The summed E-state index contributed by atoms with van der Waals surface area (Å²) in [5, 5.41) is 0. The molecule has 5 nitrogen and oxygen atoms in total. The summed E-state index contributed by atoms with van der Waals surface area (Å²) >= 11 is 0. The Labute approximate surface area is 107 Å². The summed E-state index contributed by atoms with van der Waals surface area (Å²) in [6, 6.07) is 0. The van der Waals surface area contributed by atoms with Crippen LogP contribution in [-0.2, 0) is 23.8 Å². The second-order valence-corrected chi connectivity index (χ2v) is 4.64. The molecule has 1 atom stereocenters. The van der Waals surface area contributed by atoms with Crippen LogP contribution in [0.2, 0.25) is 0 Å². The van der Waals surface area contributed by atoms with Gasteiger partial charge in [0.15, 0.2) is 6.10 Å². The summed E-state index contributed by atoms with van der Waals surface area (Å²) in [4.78, 5) is 22.2. The fourth-order valence-electron chi connectivity index (χ4n) is 1.74. The Kier molecular flexibility index (Phi) is 5.34. The SMILES string of the molecule is COC(=O)/C=C/CCCCC1OC(C)(C)OC1=O. The van der Waals surface area contributed by atoms with Crippen molar-refractivity contribution in [1.82, 2.24) is 0 Å². The smallest absolute Gasteiger partial charge is 0.337 e. The number of methoxy groups -OCH3 is 1. The molecule has 0 aromatic carbocycles. The highest BCUT2D eigenvalue weighted by atomic mass is 16.8. The molecule has 102 valence electrons. The van der Waals surface area contributed by atoms with Gasteiger partial charge in [0.2, 0.25) is 5.79 Å². The number of ether oxygens (including phenoxy) is 3. The first-order valence-corrected chi connectivity index (χ1v) is 6.10. The van der Waals surface area contributed by atoms with Crippen LogP contribution in [0.25, 0.3) is 0 Å². The normalized spacial score (nSPS) is 22.2. The molecular formula is C13H20O5. The van der Waals surface area contributed by atoms with Gasteiger partial charge in [-0.3, -0.25) is 0 Å². The molecule has 0 N–H and O–H groups in total. The highest BCUT2D eigenvalue weighted by Crippen LogP contribution is 2.26. The first-order valence-electron chi connectivity index (χ1n) is 6.10. The fourth-order valence-corrected chi connectivity index (χ4v) is 1.74. The van der Waals surface area contributed by atoms with Gasteiger partial charge in [0, 0.05) is 19.9 Å². The second kappa shape index (κ2) is 6.54. The lowest BCUT2D eigenvalue weighted by molar-refractivity contribution is -0.160. The van der Waals surface area contributed by atoms with E-state index in [-0.39, 0.29) is 11.9 Å². The van der Waals surface area contributed by atoms with Crippen LogP contribution < -0.4 is 0 Å². The number of cyclic esters (lactones) is 1. The number of rotatable bonds is 6. The molecule has 0 aromatic heterocycles. The van der Waals surface area contributed by atoms with Crippen molar-refractivity contribution >= 4 is 11.9 Å². The third-order valence-corrected chi connectivity index (χ3v) is 2.58. The van der Waals surface area contributed by atoms with E-state index >= 15 is 0 Å². The molecule has 1 unspecified atom stereocenters. The number of esters is 2. The van der Waals surface area contributed by atoms with Crippen molar-refractivity contribution in [2.45, 2.75) is 51.4 Å². The molecule has 1 aliphatic rings. The molecule has 0 spiro atoms. The summed E-state index contributed by atoms with van der Waals surface area (Å²) in [6.07, 6.45) is 5.88. The van der Waals surface area contributed by atoms with Gasteiger partial charge in [0.25, 0.3) is 0 Å². The second-order valence-electron chi connectivity index (χ2n) is 4.64. The Morgan fingerprint density at radius 1 is 1.44 bits per heavy atom. The number of carbonyl (C=O) groups excluding carboxylic acids is 2. The van der Waals surface area contributed by atoms with Crippen molar-refractivity contribution in [2.75, 3.05) is 7.11 Å². The zero-order valence-corrected chi connectivity index (χ0v) is 11.1. The van der Waals surface area contributed by atoms with Crippen LogP contribution >= 0.6 is 0 Å². The lowest BCUT2D eigenvalue weighted by Crippen LogP contribution is -2.21. The topological polar surface area (TPSA) is 61.8 Å². The van der Waals surface area contributed by atoms with Gasteiger partial charge in [-0.2, -0.15) is 0 Å². The number of allylic oxidation sites excluding steroid dienone is 1. The Morgan fingerprint density at radius 2 is 2.17 bits per heavy atom. The summed E-state index contributed by atoms with van der Waals surface area (Å²) < 4.78 is 15.0. The van der Waals surface area contributed by atoms with Gasteiger partial charge < -0.3 is 14.2 Å². The molecule has 1 aliphatic heterocycles. The number of carbonyl (C=O) groups is 2. The van der Waals surface area contributed by atoms with E-state index in [1.54, 1.807) is 19.9 Å². The summed E-state index contributed by atoms with van der Waals surface area (Å²) in [5.41, 5.74) is 0. The highest BCUT2D eigenvalue weighted by molar-refractivity contribution is 5.81. The number of unbranched alkanes of at least 4 members (excludes halogenated alkanes) is 2. The monoisotopic (exact) mass is 256 g/mol. The molecule has 0 saturated carbocycles. The maximum absolute atomic E-state index is 11.4. The maximum atomic E-state index is 11.4. The third-order valence-electron chi connectivity index (χ3n) is 2.58. The Morgan fingerprint density at radius 3 is 2.72 bits per heavy atom. The minimum Gasteiger partial charge on any atom is -0.466 e. The van der Waals surface area contributed by atoms with Crippen molar-refractivity contribution < 1.29 is 23.8 Å². The minimum absolute atomic E-state index is 0.287. The standard InChI is InChI=1S/C13H20O5/c1-13(2)17-10(12(15)18-13)8-6-4-5-7-9-11(14)16-3/h7,9-10H,4-6,8H2,1-3H3/b9-7+. The highest BCUT2D eigenvalue weighted by Gasteiger charge is 2.40. The van der Waals surface area contributed by atoms with E-state index in [2.05, 4.69) is 4.74 Å². The molecule has 0 amide bonds. The predicted molar refractivity (Wildman–Crippen MR) is 64.7 cm³/mol. The predicted octanol–water partition coefficient (Wildman–Crippen LogP) is 1.95. The van der Waals surface area contributed by atoms with Gasteiger partial charge >= 0.3 is 11.9 Å². The lowest BCUT2D eigenvalue weighted by Gasteiger charge is -2.15. The van der Waals surface area contributed by atoms with Crippen LogP contribution in [0.5, 0.6) is 0 Å². The van der Waals surface area contributed by atoms with Crippen molar-refractivity contribution in [3.63, 3.8) is 0 Å². The maximum Gasteiger partial charge on any atom is 0.337 e. The number of hydrogen-bond donors (Lipinski definition) is 0. The molecule has 0 aliphatic carbocycles. The fraction of sp³-hybridized carbons (Fsp3) is 0.692. The van der Waals surface area contributed by atoms with Gasteiger partial charge in [-0.05, 0) is 25.7 Å². The van der Waals surface area contributed by atoms with Crippen LogP contribution in [0.1, 0.15) is 39.5 Å². The van der Waals surface area contributed by atoms with E-state index < -0.39 is 11.9 Å². The summed E-state index contributed by atoms with van der Waals surface area (Å²) in [5.74, 6) is -1.43. The zero-order chi connectivity index (χ0) is 13.6. The largest absolute Gasteiger partial charge is 0.466 e. The van der Waals surface area contributed by atoms with E-state index in [4.69, 9.17) is 9.47 Å². The van der Waals surface area contributed by atoms with Crippen LogP contribution in [0.3, 0.4) is 0 Å². The van der Waals surface area contributed by atoms with Gasteiger partial charge in [-0.15, -0.1) is 0 Å². The van der Waals surface area contributed by atoms with Crippen molar-refractivity contribution in [2.24, 2.45) is 0 Å². The van der Waals surface area contributed by atoms with Crippen LogP contribution in [0.4, 0.5) is 0 Å². The Bertz CT molecular complexity index is 332. The molecule has 0 bridgehead atoms. The minimum atomic E-state index is -0.799. The first kappa shape index (κ1) is 14.7. The molecule has 0 aromatic rings. The van der Waals surface area contributed by atoms with E-state index in [9.17, 15) is 9.59 Å². The molecule has 1 heterocycles. The summed E-state index contributed by atoms with van der Waals surface area (Å²) in [7, 11) is 1.34. The van der Waals surface area contributed by atoms with Crippen LogP contribution in [-0.4, -0.2) is 30.9 Å². The quantitative estimate of drug-likeness (QED) is 0.413.